The van der Waals surface area contributed by atoms with Crippen LogP contribution in [0.15, 0.2) is 41.3 Å². The number of nitrogens with one attached hydrogen (secondary N) is 1. The zero-order valence-electron chi connectivity index (χ0n) is 11.7. The lowest BCUT2D eigenvalue weighted by molar-refractivity contribution is 0.259. The molecule has 3 rings (SSSR count). The van der Waals surface area contributed by atoms with Gasteiger partial charge in [0.25, 0.3) is 10.0 Å². The highest BCUT2D eigenvalue weighted by Crippen LogP contribution is 2.40. The van der Waals surface area contributed by atoms with Crippen LogP contribution in [0.3, 0.4) is 0 Å². The van der Waals surface area contributed by atoms with E-state index in [1.54, 1.807) is 12.1 Å². The fraction of sp³-hybridized carbons (Fsp3) is 0.0714. The van der Waals surface area contributed by atoms with E-state index in [2.05, 4.69) is 5.32 Å². The zero-order chi connectivity index (χ0) is 16.8. The maximum atomic E-state index is 12.8. The number of ether oxygens (including phenoxy) is 1. The number of rotatable bonds is 2. The zero-order valence-corrected chi connectivity index (χ0v) is 14.0. The summed E-state index contributed by atoms with van der Waals surface area (Å²) in [4.78, 5) is 12.1. The van der Waals surface area contributed by atoms with Crippen LogP contribution in [0.4, 0.5) is 16.2 Å². The van der Waals surface area contributed by atoms with E-state index in [1.807, 2.05) is 0 Å². The minimum atomic E-state index is -4.16. The highest BCUT2D eigenvalue weighted by atomic mass is 35.5. The van der Waals surface area contributed by atoms with Gasteiger partial charge in [-0.25, -0.2) is 13.2 Å². The molecule has 2 amide bonds. The Morgan fingerprint density at radius 2 is 1.78 bits per heavy atom. The van der Waals surface area contributed by atoms with E-state index in [0.29, 0.717) is 10.1 Å². The van der Waals surface area contributed by atoms with Crippen LogP contribution in [0, 0.1) is 0 Å². The van der Waals surface area contributed by atoms with Crippen LogP contribution >= 0.6 is 23.2 Å². The monoisotopic (exact) mass is 372 g/mol. The molecule has 120 valence electrons. The molecule has 2 aromatic carbocycles. The van der Waals surface area contributed by atoms with Crippen molar-refractivity contribution < 1.29 is 17.9 Å². The minimum Gasteiger partial charge on any atom is -0.497 e. The van der Waals surface area contributed by atoms with Crippen LogP contribution in [0.2, 0.25) is 10.0 Å². The van der Waals surface area contributed by atoms with Crippen LogP contribution in [0.25, 0.3) is 0 Å². The molecule has 0 aliphatic carbocycles. The van der Waals surface area contributed by atoms with E-state index >= 15 is 0 Å². The molecule has 0 saturated carbocycles. The number of carbonyl (C=O) groups is 1. The van der Waals surface area contributed by atoms with Crippen molar-refractivity contribution in [2.45, 2.75) is 4.90 Å². The number of fused-ring (bicyclic) bond motifs is 1. The summed E-state index contributed by atoms with van der Waals surface area (Å²) in [7, 11) is -2.68. The maximum Gasteiger partial charge on any atom is 0.340 e. The average Bonchev–Trinajstić information content (AvgIpc) is 2.45. The van der Waals surface area contributed by atoms with Crippen molar-refractivity contribution >= 4 is 50.6 Å². The van der Waals surface area contributed by atoms with Gasteiger partial charge in [0.05, 0.1) is 23.5 Å². The number of benzene rings is 2. The molecule has 1 aliphatic heterocycles. The second-order valence-electron chi connectivity index (χ2n) is 4.66. The molecule has 2 aromatic rings. The molecule has 0 unspecified atom stereocenters. The molecule has 0 bridgehead atoms. The number of nitrogens with zero attached hydrogens (tertiary/aromatic N) is 1. The average molecular weight is 373 g/mol. The Morgan fingerprint density at radius 1 is 1.13 bits per heavy atom. The summed E-state index contributed by atoms with van der Waals surface area (Å²) in [6.45, 7) is 0. The van der Waals surface area contributed by atoms with Crippen LogP contribution in [0.1, 0.15) is 0 Å². The summed E-state index contributed by atoms with van der Waals surface area (Å²) in [6.07, 6.45) is 0. The van der Waals surface area contributed by atoms with Crippen molar-refractivity contribution in [3.63, 3.8) is 0 Å². The topological polar surface area (TPSA) is 75.7 Å². The number of urea groups is 1. The first-order chi connectivity index (χ1) is 10.8. The summed E-state index contributed by atoms with van der Waals surface area (Å²) in [5.41, 5.74) is 0.220. The summed E-state index contributed by atoms with van der Waals surface area (Å²) in [6, 6.07) is 7.86. The molecule has 23 heavy (non-hydrogen) atoms. The molecular formula is C14H10Cl2N2O4S. The molecule has 0 saturated heterocycles. The SMILES string of the molecule is COc1ccc(N2C(=O)Nc3cc(Cl)cc(Cl)c3S2(=O)=O)cc1. The van der Waals surface area contributed by atoms with Crippen molar-refractivity contribution in [3.05, 3.63) is 46.4 Å². The van der Waals surface area contributed by atoms with Gasteiger partial charge in [-0.2, -0.15) is 4.31 Å². The largest absolute Gasteiger partial charge is 0.497 e. The molecule has 0 aromatic heterocycles. The van der Waals surface area contributed by atoms with Crippen molar-refractivity contribution in [2.24, 2.45) is 0 Å². The number of anilines is 2. The molecule has 6 nitrogen and oxygen atoms in total. The van der Waals surface area contributed by atoms with Crippen molar-refractivity contribution in [2.75, 3.05) is 16.7 Å². The van der Waals surface area contributed by atoms with Crippen LogP contribution in [-0.4, -0.2) is 21.6 Å². The number of hydrogen-bond acceptors (Lipinski definition) is 4. The van der Waals surface area contributed by atoms with Gasteiger partial charge < -0.3 is 10.1 Å². The van der Waals surface area contributed by atoms with E-state index in [4.69, 9.17) is 27.9 Å². The Balaban J connectivity index is 2.17. The van der Waals surface area contributed by atoms with Gasteiger partial charge in [0, 0.05) is 5.02 Å². The second kappa shape index (κ2) is 5.59. The standard InChI is InChI=1S/C14H10Cl2N2O4S/c1-22-10-4-2-9(3-5-10)18-14(19)17-12-7-8(15)6-11(16)13(12)23(18,20)21/h2-7H,1H3,(H,17,19). The molecule has 1 heterocycles. The lowest BCUT2D eigenvalue weighted by Crippen LogP contribution is -2.44. The fourth-order valence-electron chi connectivity index (χ4n) is 2.26. The Labute approximate surface area is 142 Å². The molecule has 0 radical (unpaired) electrons. The highest BCUT2D eigenvalue weighted by molar-refractivity contribution is 7.94. The van der Waals surface area contributed by atoms with Gasteiger partial charge in [-0.1, -0.05) is 23.2 Å². The third-order valence-electron chi connectivity index (χ3n) is 3.24. The summed E-state index contributed by atoms with van der Waals surface area (Å²) < 4.78 is 31.3. The van der Waals surface area contributed by atoms with E-state index in [9.17, 15) is 13.2 Å². The first kappa shape index (κ1) is 15.9. The van der Waals surface area contributed by atoms with Crippen LogP contribution < -0.4 is 14.4 Å². The molecule has 1 N–H and O–H groups in total. The summed E-state index contributed by atoms with van der Waals surface area (Å²) >= 11 is 11.9. The smallest absolute Gasteiger partial charge is 0.340 e. The predicted molar refractivity (Wildman–Crippen MR) is 88.1 cm³/mol. The van der Waals surface area contributed by atoms with E-state index in [1.165, 1.54) is 31.4 Å². The van der Waals surface area contributed by atoms with Crippen molar-refractivity contribution in [1.29, 1.82) is 0 Å². The molecule has 0 fully saturated rings. The Kier molecular flexibility index (Phi) is 3.87. The Hall–Kier alpha value is -1.96. The van der Waals surface area contributed by atoms with Gasteiger partial charge in [0.1, 0.15) is 10.6 Å². The Morgan fingerprint density at radius 3 is 2.39 bits per heavy atom. The third kappa shape index (κ3) is 2.60. The number of hydrogen-bond donors (Lipinski definition) is 1. The number of methoxy groups -OCH3 is 1. The summed E-state index contributed by atoms with van der Waals surface area (Å²) in [5, 5.41) is 2.64. The van der Waals surface area contributed by atoms with E-state index in [0.717, 1.165) is 0 Å². The number of halogens is 2. The number of sulfonamides is 1. The molecule has 9 heteroatoms. The number of carbonyl (C=O) groups excluding carboxylic acids is 1. The van der Waals surface area contributed by atoms with E-state index < -0.39 is 16.1 Å². The first-order valence-electron chi connectivity index (χ1n) is 6.34. The lowest BCUT2D eigenvalue weighted by Gasteiger charge is -2.29. The quantitative estimate of drug-likeness (QED) is 0.870. The first-order valence-corrected chi connectivity index (χ1v) is 8.53. The molecule has 1 aliphatic rings. The lowest BCUT2D eigenvalue weighted by atomic mass is 10.3. The minimum absolute atomic E-state index is 0.0530. The highest BCUT2D eigenvalue weighted by Gasteiger charge is 2.39. The maximum absolute atomic E-state index is 12.8. The fourth-order valence-corrected chi connectivity index (χ4v) is 4.58. The molecular weight excluding hydrogens is 363 g/mol. The van der Waals surface area contributed by atoms with Gasteiger partial charge in [-0.15, -0.1) is 0 Å². The molecule has 0 spiro atoms. The number of amides is 2. The van der Waals surface area contributed by atoms with E-state index in [-0.39, 0.29) is 26.3 Å². The van der Waals surface area contributed by atoms with Gasteiger partial charge in [-0.3, -0.25) is 0 Å². The van der Waals surface area contributed by atoms with Gasteiger partial charge in [-0.05, 0) is 36.4 Å². The normalized spacial score (nSPS) is 15.8. The second-order valence-corrected chi connectivity index (χ2v) is 7.23. The summed E-state index contributed by atoms with van der Waals surface area (Å²) in [5.74, 6) is 0.536. The van der Waals surface area contributed by atoms with Crippen LogP contribution in [-0.2, 0) is 10.0 Å². The van der Waals surface area contributed by atoms with Gasteiger partial charge in [0.2, 0.25) is 0 Å². The predicted octanol–water partition coefficient (Wildman–Crippen LogP) is 3.74. The van der Waals surface area contributed by atoms with Gasteiger partial charge in [0.15, 0.2) is 0 Å². The van der Waals surface area contributed by atoms with Crippen molar-refractivity contribution in [3.8, 4) is 5.75 Å². The van der Waals surface area contributed by atoms with Gasteiger partial charge >= 0.3 is 6.03 Å². The third-order valence-corrected chi connectivity index (χ3v) is 5.68. The Bertz CT molecular complexity index is 898. The van der Waals surface area contributed by atoms with Crippen LogP contribution in [0.5, 0.6) is 5.75 Å². The molecule has 0 atom stereocenters. The van der Waals surface area contributed by atoms with Crippen molar-refractivity contribution in [1.82, 2.24) is 0 Å².